The van der Waals surface area contributed by atoms with Gasteiger partial charge in [-0.3, -0.25) is 0 Å². The van der Waals surface area contributed by atoms with Gasteiger partial charge in [0.25, 0.3) is 0 Å². The van der Waals surface area contributed by atoms with Crippen LogP contribution in [0.5, 0.6) is 23.0 Å². The molecule has 7 heteroatoms. The molecule has 4 nitrogen and oxygen atoms in total. The van der Waals surface area contributed by atoms with Crippen LogP contribution < -0.4 is 0 Å². The summed E-state index contributed by atoms with van der Waals surface area (Å²) in [6.07, 6.45) is 5.56. The topological polar surface area (TPSA) is 80.9 Å². The molecule has 2 aliphatic carbocycles. The fourth-order valence-corrected chi connectivity index (χ4v) is 8.34. The molecule has 4 rings (SSSR count). The van der Waals surface area contributed by atoms with Gasteiger partial charge in [-0.1, -0.05) is 74.1 Å². The standard InChI is InChI=1S/C21H34O2.C19H27F3O2/c1-5-6-7-8-16-12-19(22)21(20(23)13-16)18-11-15(4)9-10-17(18)14(2)3;1-11(2)14-5-4-12(3)8-15(14)18-16(23)9-13(10-17(18)24)6-7-19(20,21)22/h12-15,17-18,22-23H,5-11H2,1-4H3;9-12,14-15,23-24H,4-8H2,1-3H3. The predicted octanol–water partition coefficient (Wildman–Crippen LogP) is 11.8. The predicted molar refractivity (Wildman–Crippen MR) is 185 cm³/mol. The van der Waals surface area contributed by atoms with Crippen molar-refractivity contribution >= 4 is 0 Å². The van der Waals surface area contributed by atoms with Crippen LogP contribution in [-0.2, 0) is 12.8 Å². The van der Waals surface area contributed by atoms with E-state index in [1.807, 2.05) is 12.1 Å². The highest BCUT2D eigenvalue weighted by Crippen LogP contribution is 2.51. The van der Waals surface area contributed by atoms with E-state index in [1.54, 1.807) is 0 Å². The Balaban J connectivity index is 0.000000256. The van der Waals surface area contributed by atoms with Crippen LogP contribution >= 0.6 is 0 Å². The number of aryl methyl sites for hydroxylation is 2. The van der Waals surface area contributed by atoms with Crippen molar-refractivity contribution < 1.29 is 33.6 Å². The third-order valence-corrected chi connectivity index (χ3v) is 10.9. The van der Waals surface area contributed by atoms with Crippen molar-refractivity contribution in [1.29, 1.82) is 0 Å². The molecule has 0 radical (unpaired) electrons. The van der Waals surface area contributed by atoms with Crippen molar-refractivity contribution in [2.24, 2.45) is 35.5 Å². The van der Waals surface area contributed by atoms with E-state index >= 15 is 0 Å². The summed E-state index contributed by atoms with van der Waals surface area (Å²) in [6, 6.07) is 6.55. The average molecular weight is 663 g/mol. The van der Waals surface area contributed by atoms with E-state index in [9.17, 15) is 33.6 Å². The molecular formula is C40H61F3O4. The van der Waals surface area contributed by atoms with Gasteiger partial charge in [-0.25, -0.2) is 0 Å². The molecule has 0 saturated heterocycles. The second kappa shape index (κ2) is 17.2. The van der Waals surface area contributed by atoms with E-state index in [0.717, 1.165) is 49.7 Å². The number of hydrogen-bond donors (Lipinski definition) is 4. The summed E-state index contributed by atoms with van der Waals surface area (Å²) in [5.74, 6) is 3.88. The fourth-order valence-electron chi connectivity index (χ4n) is 8.34. The van der Waals surface area contributed by atoms with Crippen molar-refractivity contribution in [2.75, 3.05) is 0 Å². The monoisotopic (exact) mass is 662 g/mol. The number of aromatic hydroxyl groups is 4. The highest BCUT2D eigenvalue weighted by atomic mass is 19.4. The van der Waals surface area contributed by atoms with Crippen LogP contribution in [0.2, 0.25) is 0 Å². The van der Waals surface area contributed by atoms with Gasteiger partial charge >= 0.3 is 6.18 Å². The van der Waals surface area contributed by atoms with Gasteiger partial charge in [0.2, 0.25) is 0 Å². The van der Waals surface area contributed by atoms with Crippen LogP contribution in [-0.4, -0.2) is 26.6 Å². The minimum atomic E-state index is -4.24. The Bertz CT molecular complexity index is 1220. The lowest BCUT2D eigenvalue weighted by Crippen LogP contribution is -2.26. The maximum Gasteiger partial charge on any atom is 0.389 e. The summed E-state index contributed by atoms with van der Waals surface area (Å²) in [7, 11) is 0. The SMILES string of the molecule is CC1CCC(C(C)C)C(c2c(O)cc(CCC(F)(F)F)cc2O)C1.CCCCCc1cc(O)c(C2CC(C)CCC2C(C)C)c(O)c1. The minimum Gasteiger partial charge on any atom is -0.508 e. The number of rotatable bonds is 10. The quantitative estimate of drug-likeness (QED) is 0.191. The van der Waals surface area contributed by atoms with E-state index in [2.05, 4.69) is 48.5 Å². The van der Waals surface area contributed by atoms with Gasteiger partial charge in [0.15, 0.2) is 0 Å². The minimum absolute atomic E-state index is 0.0467. The lowest BCUT2D eigenvalue weighted by atomic mass is 9.67. The Morgan fingerprint density at radius 2 is 1.02 bits per heavy atom. The maximum absolute atomic E-state index is 12.4. The Hall–Kier alpha value is -2.57. The van der Waals surface area contributed by atoms with Gasteiger partial charge in [-0.05, 0) is 128 Å². The summed E-state index contributed by atoms with van der Waals surface area (Å²) in [6.45, 7) is 15.4. The smallest absolute Gasteiger partial charge is 0.389 e. The molecule has 0 bridgehead atoms. The molecule has 4 N–H and O–H groups in total. The van der Waals surface area contributed by atoms with Gasteiger partial charge in [-0.15, -0.1) is 0 Å². The van der Waals surface area contributed by atoms with E-state index in [0.29, 0.717) is 58.1 Å². The molecule has 0 aliphatic heterocycles. The van der Waals surface area contributed by atoms with E-state index in [-0.39, 0.29) is 29.8 Å². The number of unbranched alkanes of at least 4 members (excludes halogenated alkanes) is 2. The molecule has 2 aromatic rings. The number of halogens is 3. The summed E-state index contributed by atoms with van der Waals surface area (Å²) in [5.41, 5.74) is 2.68. The number of alkyl halides is 3. The van der Waals surface area contributed by atoms with Gasteiger partial charge in [0.05, 0.1) is 0 Å². The molecule has 6 atom stereocenters. The summed E-state index contributed by atoms with van der Waals surface area (Å²) in [4.78, 5) is 0. The molecule has 0 spiro atoms. The van der Waals surface area contributed by atoms with Crippen molar-refractivity contribution in [3.8, 4) is 23.0 Å². The Morgan fingerprint density at radius 3 is 1.36 bits per heavy atom. The van der Waals surface area contributed by atoms with E-state index in [1.165, 1.54) is 37.8 Å². The van der Waals surface area contributed by atoms with Gasteiger partial charge in [0.1, 0.15) is 23.0 Å². The first-order valence-electron chi connectivity index (χ1n) is 18.2. The maximum atomic E-state index is 12.4. The summed E-state index contributed by atoms with van der Waals surface area (Å²) >= 11 is 0. The van der Waals surface area contributed by atoms with Crippen LogP contribution in [0.1, 0.15) is 147 Å². The zero-order valence-electron chi connectivity index (χ0n) is 29.8. The summed E-state index contributed by atoms with van der Waals surface area (Å²) in [5, 5.41) is 42.0. The van der Waals surface area contributed by atoms with Crippen molar-refractivity contribution in [1.82, 2.24) is 0 Å². The first-order chi connectivity index (χ1) is 22.0. The zero-order valence-corrected chi connectivity index (χ0v) is 29.8. The molecule has 2 saturated carbocycles. The van der Waals surface area contributed by atoms with Crippen LogP contribution in [0, 0.1) is 35.5 Å². The van der Waals surface area contributed by atoms with Gasteiger partial charge in [0, 0.05) is 17.5 Å². The van der Waals surface area contributed by atoms with Gasteiger partial charge < -0.3 is 20.4 Å². The van der Waals surface area contributed by atoms with E-state index in [4.69, 9.17) is 0 Å². The highest BCUT2D eigenvalue weighted by molar-refractivity contribution is 5.50. The molecule has 6 unspecified atom stereocenters. The molecule has 0 amide bonds. The Morgan fingerprint density at radius 1 is 0.638 bits per heavy atom. The van der Waals surface area contributed by atoms with Crippen molar-refractivity contribution in [2.45, 2.75) is 144 Å². The van der Waals surface area contributed by atoms with E-state index < -0.39 is 12.6 Å². The Labute approximate surface area is 281 Å². The lowest BCUT2D eigenvalue weighted by Gasteiger charge is -2.38. The third kappa shape index (κ3) is 11.0. The molecular weight excluding hydrogens is 601 g/mol. The fraction of sp³-hybridized carbons (Fsp3) is 0.700. The van der Waals surface area contributed by atoms with Crippen LogP contribution in [0.15, 0.2) is 24.3 Å². The first-order valence-corrected chi connectivity index (χ1v) is 18.2. The molecule has 266 valence electrons. The second-order valence-corrected chi connectivity index (χ2v) is 15.5. The molecule has 2 aromatic carbocycles. The molecule has 0 heterocycles. The number of phenolic OH excluding ortho intramolecular Hbond substituents is 4. The van der Waals surface area contributed by atoms with Crippen LogP contribution in [0.25, 0.3) is 0 Å². The number of benzene rings is 2. The zero-order chi connectivity index (χ0) is 35.1. The van der Waals surface area contributed by atoms with Crippen molar-refractivity contribution in [3.05, 3.63) is 46.5 Å². The molecule has 2 aliphatic rings. The third-order valence-electron chi connectivity index (χ3n) is 10.9. The lowest BCUT2D eigenvalue weighted by molar-refractivity contribution is -0.134. The summed E-state index contributed by atoms with van der Waals surface area (Å²) < 4.78 is 37.1. The normalized spacial score (nSPS) is 25.1. The number of hydrogen-bond acceptors (Lipinski definition) is 4. The largest absolute Gasteiger partial charge is 0.508 e. The average Bonchev–Trinajstić information content (AvgIpc) is 2.95. The second-order valence-electron chi connectivity index (χ2n) is 15.5. The Kier molecular flexibility index (Phi) is 14.2. The molecule has 0 aromatic heterocycles. The number of phenols is 4. The van der Waals surface area contributed by atoms with Crippen LogP contribution in [0.4, 0.5) is 13.2 Å². The first kappa shape index (κ1) is 38.9. The van der Waals surface area contributed by atoms with Crippen molar-refractivity contribution in [3.63, 3.8) is 0 Å². The molecule has 2 fully saturated rings. The molecule has 47 heavy (non-hydrogen) atoms. The van der Waals surface area contributed by atoms with Gasteiger partial charge in [-0.2, -0.15) is 13.2 Å². The van der Waals surface area contributed by atoms with Crippen LogP contribution in [0.3, 0.4) is 0 Å². The highest BCUT2D eigenvalue weighted by Gasteiger charge is 2.36.